The SMILES string of the molecule is COc1ccc(C(CN)N2CCCN(C)CC2C)cn1. The quantitative estimate of drug-likeness (QED) is 0.894. The third-order valence-electron chi connectivity index (χ3n) is 4.07. The molecule has 5 heteroatoms. The Morgan fingerprint density at radius 2 is 2.25 bits per heavy atom. The van der Waals surface area contributed by atoms with Crippen LogP contribution in [0.25, 0.3) is 0 Å². The first-order chi connectivity index (χ1) is 9.65. The molecule has 112 valence electrons. The highest BCUT2D eigenvalue weighted by Gasteiger charge is 2.26. The average molecular weight is 278 g/mol. The Bertz CT molecular complexity index is 409. The largest absolute Gasteiger partial charge is 0.481 e. The van der Waals surface area contributed by atoms with Gasteiger partial charge in [0.05, 0.1) is 7.11 Å². The summed E-state index contributed by atoms with van der Waals surface area (Å²) in [6.07, 6.45) is 3.07. The number of hydrogen-bond donors (Lipinski definition) is 1. The lowest BCUT2D eigenvalue weighted by atomic mass is 10.1. The van der Waals surface area contributed by atoms with Crippen LogP contribution >= 0.6 is 0 Å². The molecule has 0 radical (unpaired) electrons. The smallest absolute Gasteiger partial charge is 0.212 e. The Balaban J connectivity index is 2.16. The fourth-order valence-corrected chi connectivity index (χ4v) is 3.03. The molecule has 0 spiro atoms. The van der Waals surface area contributed by atoms with Gasteiger partial charge in [-0.05, 0) is 32.5 Å². The first-order valence-corrected chi connectivity index (χ1v) is 7.30. The van der Waals surface area contributed by atoms with E-state index in [1.165, 1.54) is 12.0 Å². The Kier molecular flexibility index (Phi) is 5.34. The minimum Gasteiger partial charge on any atom is -0.481 e. The van der Waals surface area contributed by atoms with E-state index in [0.29, 0.717) is 18.5 Å². The highest BCUT2D eigenvalue weighted by atomic mass is 16.5. The lowest BCUT2D eigenvalue weighted by Gasteiger charge is -2.35. The van der Waals surface area contributed by atoms with Crippen LogP contribution in [0, 0.1) is 0 Å². The molecule has 2 heterocycles. The minimum atomic E-state index is 0.231. The molecule has 1 aromatic heterocycles. The van der Waals surface area contributed by atoms with E-state index in [1.807, 2.05) is 12.3 Å². The van der Waals surface area contributed by atoms with Crippen molar-refractivity contribution in [3.63, 3.8) is 0 Å². The van der Waals surface area contributed by atoms with E-state index in [1.54, 1.807) is 7.11 Å². The van der Waals surface area contributed by atoms with Gasteiger partial charge in [-0.15, -0.1) is 0 Å². The number of nitrogens with two attached hydrogens (primary N) is 1. The molecule has 1 aliphatic rings. The van der Waals surface area contributed by atoms with E-state index in [-0.39, 0.29) is 6.04 Å². The summed E-state index contributed by atoms with van der Waals surface area (Å²) in [6.45, 7) is 6.21. The summed E-state index contributed by atoms with van der Waals surface area (Å²) in [5, 5.41) is 0. The first-order valence-electron chi connectivity index (χ1n) is 7.30. The monoisotopic (exact) mass is 278 g/mol. The Morgan fingerprint density at radius 3 is 2.85 bits per heavy atom. The van der Waals surface area contributed by atoms with Gasteiger partial charge in [-0.2, -0.15) is 0 Å². The predicted octanol–water partition coefficient (Wildman–Crippen LogP) is 1.12. The van der Waals surface area contributed by atoms with Crippen LogP contribution in [0.3, 0.4) is 0 Å². The average Bonchev–Trinajstić information content (AvgIpc) is 2.62. The van der Waals surface area contributed by atoms with Gasteiger partial charge in [0.25, 0.3) is 0 Å². The number of rotatable bonds is 4. The molecule has 2 atom stereocenters. The van der Waals surface area contributed by atoms with E-state index in [2.05, 4.69) is 34.8 Å². The van der Waals surface area contributed by atoms with E-state index in [0.717, 1.165) is 19.6 Å². The fraction of sp³-hybridized carbons (Fsp3) is 0.667. The van der Waals surface area contributed by atoms with Crippen LogP contribution in [-0.4, -0.2) is 61.2 Å². The molecule has 0 amide bonds. The molecule has 0 saturated carbocycles. The van der Waals surface area contributed by atoms with Crippen LogP contribution in [0.15, 0.2) is 18.3 Å². The van der Waals surface area contributed by atoms with Gasteiger partial charge >= 0.3 is 0 Å². The summed E-state index contributed by atoms with van der Waals surface area (Å²) in [6, 6.07) is 4.71. The van der Waals surface area contributed by atoms with E-state index in [4.69, 9.17) is 10.5 Å². The van der Waals surface area contributed by atoms with Gasteiger partial charge in [0.15, 0.2) is 0 Å². The molecule has 0 aromatic carbocycles. The van der Waals surface area contributed by atoms with Crippen molar-refractivity contribution < 1.29 is 4.74 Å². The molecule has 1 saturated heterocycles. The predicted molar refractivity (Wildman–Crippen MR) is 80.9 cm³/mol. The van der Waals surface area contributed by atoms with Crippen molar-refractivity contribution in [3.05, 3.63) is 23.9 Å². The molecule has 1 aromatic rings. The summed E-state index contributed by atoms with van der Waals surface area (Å²) in [5.41, 5.74) is 7.21. The van der Waals surface area contributed by atoms with Gasteiger partial charge in [-0.25, -0.2) is 4.98 Å². The molecule has 20 heavy (non-hydrogen) atoms. The number of likely N-dealkylation sites (N-methyl/N-ethyl adjacent to an activating group) is 1. The zero-order chi connectivity index (χ0) is 14.5. The maximum atomic E-state index is 6.04. The molecule has 2 N–H and O–H groups in total. The van der Waals surface area contributed by atoms with Crippen molar-refractivity contribution in [2.24, 2.45) is 5.73 Å². The van der Waals surface area contributed by atoms with Crippen LogP contribution in [-0.2, 0) is 0 Å². The summed E-state index contributed by atoms with van der Waals surface area (Å²) in [7, 11) is 3.82. The highest BCUT2D eigenvalue weighted by Crippen LogP contribution is 2.24. The maximum Gasteiger partial charge on any atom is 0.212 e. The number of aromatic nitrogens is 1. The number of hydrogen-bond acceptors (Lipinski definition) is 5. The second kappa shape index (κ2) is 7.02. The minimum absolute atomic E-state index is 0.231. The molecule has 0 aliphatic carbocycles. The van der Waals surface area contributed by atoms with Gasteiger partial charge in [-0.1, -0.05) is 6.07 Å². The highest BCUT2D eigenvalue weighted by molar-refractivity contribution is 5.21. The molecule has 1 aliphatic heterocycles. The lowest BCUT2D eigenvalue weighted by molar-refractivity contribution is 0.146. The summed E-state index contributed by atoms with van der Waals surface area (Å²) < 4.78 is 5.12. The fourth-order valence-electron chi connectivity index (χ4n) is 3.03. The van der Waals surface area contributed by atoms with Crippen LogP contribution in [0.2, 0.25) is 0 Å². The molecule has 2 unspecified atom stereocenters. The molecular formula is C15H26N4O. The number of nitrogens with zero attached hydrogens (tertiary/aromatic N) is 3. The zero-order valence-corrected chi connectivity index (χ0v) is 12.7. The van der Waals surface area contributed by atoms with Crippen LogP contribution < -0.4 is 10.5 Å². The van der Waals surface area contributed by atoms with Crippen molar-refractivity contribution in [2.75, 3.05) is 40.3 Å². The second-order valence-corrected chi connectivity index (χ2v) is 5.59. The van der Waals surface area contributed by atoms with Crippen molar-refractivity contribution >= 4 is 0 Å². The summed E-state index contributed by atoms with van der Waals surface area (Å²) >= 11 is 0. The third-order valence-corrected chi connectivity index (χ3v) is 4.07. The van der Waals surface area contributed by atoms with Gasteiger partial charge in [0, 0.05) is 44.0 Å². The molecule has 1 fully saturated rings. The lowest BCUT2D eigenvalue weighted by Crippen LogP contribution is -2.43. The molecule has 2 rings (SSSR count). The zero-order valence-electron chi connectivity index (χ0n) is 12.7. The third kappa shape index (κ3) is 3.48. The standard InChI is InChI=1S/C15H26N4O/c1-12-11-18(2)7-4-8-19(12)14(9-16)13-5-6-15(20-3)17-10-13/h5-6,10,12,14H,4,7-9,11,16H2,1-3H3. The number of pyridine rings is 1. The number of ether oxygens (including phenoxy) is 1. The van der Waals surface area contributed by atoms with Gasteiger partial charge in [0.1, 0.15) is 0 Å². The van der Waals surface area contributed by atoms with E-state index in [9.17, 15) is 0 Å². The topological polar surface area (TPSA) is 54.6 Å². The van der Waals surface area contributed by atoms with E-state index < -0.39 is 0 Å². The molecule has 0 bridgehead atoms. The summed E-state index contributed by atoms with van der Waals surface area (Å²) in [4.78, 5) is 9.21. The van der Waals surface area contributed by atoms with Crippen molar-refractivity contribution in [3.8, 4) is 5.88 Å². The van der Waals surface area contributed by atoms with Crippen LogP contribution in [0.5, 0.6) is 5.88 Å². The second-order valence-electron chi connectivity index (χ2n) is 5.59. The first kappa shape index (κ1) is 15.2. The molecular weight excluding hydrogens is 252 g/mol. The Labute approximate surface area is 121 Å². The van der Waals surface area contributed by atoms with Gasteiger partial charge in [-0.3, -0.25) is 4.90 Å². The van der Waals surface area contributed by atoms with Crippen molar-refractivity contribution in [1.82, 2.24) is 14.8 Å². The molecule has 5 nitrogen and oxygen atoms in total. The normalized spacial score (nSPS) is 23.3. The van der Waals surface area contributed by atoms with E-state index >= 15 is 0 Å². The maximum absolute atomic E-state index is 6.04. The Morgan fingerprint density at radius 1 is 1.45 bits per heavy atom. The van der Waals surface area contributed by atoms with Crippen molar-refractivity contribution in [2.45, 2.75) is 25.4 Å². The number of methoxy groups -OCH3 is 1. The van der Waals surface area contributed by atoms with Crippen molar-refractivity contribution in [1.29, 1.82) is 0 Å². The van der Waals surface area contributed by atoms with Crippen LogP contribution in [0.1, 0.15) is 24.9 Å². The van der Waals surface area contributed by atoms with Gasteiger partial charge < -0.3 is 15.4 Å². The summed E-state index contributed by atoms with van der Waals surface area (Å²) in [5.74, 6) is 0.646. The van der Waals surface area contributed by atoms with Crippen LogP contribution in [0.4, 0.5) is 0 Å². The Hall–Kier alpha value is -1.17. The van der Waals surface area contributed by atoms with Gasteiger partial charge in [0.2, 0.25) is 5.88 Å².